The fourth-order valence-corrected chi connectivity index (χ4v) is 3.51. The van der Waals surface area contributed by atoms with E-state index in [9.17, 15) is 14.7 Å². The Hall–Kier alpha value is -1.48. The van der Waals surface area contributed by atoms with Crippen LogP contribution < -0.4 is 0 Å². The van der Waals surface area contributed by atoms with E-state index >= 15 is 0 Å². The number of benzene rings is 1. The van der Waals surface area contributed by atoms with Crippen LogP contribution in [0.5, 0.6) is 0 Å². The average molecular weight is 330 g/mol. The molecular weight excluding hydrogens is 300 g/mol. The number of hydrogen-bond acceptors (Lipinski definition) is 3. The highest BCUT2D eigenvalue weighted by molar-refractivity contribution is 6.28. The van der Waals surface area contributed by atoms with Crippen molar-refractivity contribution in [3.63, 3.8) is 0 Å². The van der Waals surface area contributed by atoms with Crippen LogP contribution in [0.3, 0.4) is 0 Å². The first-order chi connectivity index (χ1) is 11.7. The fraction of sp³-hybridized carbons (Fsp3) is 0.619. The predicted octanol–water partition coefficient (Wildman–Crippen LogP) is 4.89. The molecule has 0 aromatic heterocycles. The zero-order valence-corrected chi connectivity index (χ0v) is 14.9. The Balaban J connectivity index is 1.68. The standard InChI is InChI=1S/C21H30O3/c1-2-3-4-5-6-7-8-9-10-11-13-16-14-12-15-17-18(16)20(23)21(24)19(17)22/h12,14-15,21,24H,2-11,13H2,1H3. The smallest absolute Gasteiger partial charge is 0.200 e. The Bertz CT molecular complexity index is 562. The maximum atomic E-state index is 12.0. The first kappa shape index (κ1) is 18.9. The molecule has 1 atom stereocenters. The van der Waals surface area contributed by atoms with Crippen molar-refractivity contribution < 1.29 is 14.7 Å². The highest BCUT2D eigenvalue weighted by atomic mass is 16.3. The summed E-state index contributed by atoms with van der Waals surface area (Å²) in [5, 5.41) is 9.66. The van der Waals surface area contributed by atoms with E-state index in [1.165, 1.54) is 51.4 Å². The van der Waals surface area contributed by atoms with Crippen LogP contribution in [-0.4, -0.2) is 22.8 Å². The number of carbonyl (C=O) groups excluding carboxylic acids is 2. The number of aryl methyl sites for hydroxylation is 1. The van der Waals surface area contributed by atoms with Gasteiger partial charge in [0.2, 0.25) is 0 Å². The normalized spacial score (nSPS) is 16.7. The quantitative estimate of drug-likeness (QED) is 0.464. The lowest BCUT2D eigenvalue weighted by atomic mass is 9.97. The molecular formula is C21H30O3. The molecule has 0 heterocycles. The minimum Gasteiger partial charge on any atom is -0.377 e. The van der Waals surface area contributed by atoms with Crippen molar-refractivity contribution in [3.05, 3.63) is 34.9 Å². The van der Waals surface area contributed by atoms with E-state index in [0.29, 0.717) is 11.1 Å². The van der Waals surface area contributed by atoms with Crippen molar-refractivity contribution >= 4 is 11.6 Å². The van der Waals surface area contributed by atoms with Crippen LogP contribution in [0.4, 0.5) is 0 Å². The van der Waals surface area contributed by atoms with Gasteiger partial charge < -0.3 is 5.11 Å². The molecule has 3 nitrogen and oxygen atoms in total. The maximum Gasteiger partial charge on any atom is 0.200 e. The Morgan fingerprint density at radius 3 is 2.04 bits per heavy atom. The number of aliphatic hydroxyl groups excluding tert-OH is 1. The molecule has 0 bridgehead atoms. The largest absolute Gasteiger partial charge is 0.377 e. The summed E-state index contributed by atoms with van der Waals surface area (Å²) in [7, 11) is 0. The molecule has 0 aliphatic heterocycles. The third kappa shape index (κ3) is 4.76. The fourth-order valence-electron chi connectivity index (χ4n) is 3.51. The second kappa shape index (κ2) is 9.73. The van der Waals surface area contributed by atoms with E-state index in [1.807, 2.05) is 12.1 Å². The van der Waals surface area contributed by atoms with Crippen molar-refractivity contribution in [2.75, 3.05) is 0 Å². The van der Waals surface area contributed by atoms with Gasteiger partial charge in [-0.1, -0.05) is 82.9 Å². The summed E-state index contributed by atoms with van der Waals surface area (Å²) < 4.78 is 0. The molecule has 1 unspecified atom stereocenters. The number of aliphatic hydroxyl groups is 1. The van der Waals surface area contributed by atoms with Gasteiger partial charge in [-0.3, -0.25) is 9.59 Å². The molecule has 0 fully saturated rings. The van der Waals surface area contributed by atoms with Crippen molar-refractivity contribution in [1.82, 2.24) is 0 Å². The lowest BCUT2D eigenvalue weighted by molar-refractivity contribution is 0.0662. The van der Waals surface area contributed by atoms with Gasteiger partial charge >= 0.3 is 0 Å². The number of rotatable bonds is 11. The molecule has 24 heavy (non-hydrogen) atoms. The molecule has 1 aromatic carbocycles. The third-order valence-electron chi connectivity index (χ3n) is 4.96. The molecule has 2 rings (SSSR count). The van der Waals surface area contributed by atoms with Crippen molar-refractivity contribution in [1.29, 1.82) is 0 Å². The summed E-state index contributed by atoms with van der Waals surface area (Å²) in [4.78, 5) is 23.9. The van der Waals surface area contributed by atoms with Crippen molar-refractivity contribution in [2.24, 2.45) is 0 Å². The minimum absolute atomic E-state index is 0.400. The number of ketones is 2. The summed E-state index contributed by atoms with van der Waals surface area (Å²) in [5.41, 5.74) is 1.78. The van der Waals surface area contributed by atoms with Gasteiger partial charge in [0.25, 0.3) is 0 Å². The lowest BCUT2D eigenvalue weighted by Crippen LogP contribution is -2.21. The summed E-state index contributed by atoms with van der Waals surface area (Å²) in [6, 6.07) is 5.37. The van der Waals surface area contributed by atoms with E-state index < -0.39 is 17.7 Å². The van der Waals surface area contributed by atoms with Gasteiger partial charge in [-0.05, 0) is 18.4 Å². The van der Waals surface area contributed by atoms with Gasteiger partial charge in [-0.25, -0.2) is 0 Å². The number of carbonyl (C=O) groups is 2. The molecule has 0 radical (unpaired) electrons. The van der Waals surface area contributed by atoms with Crippen LogP contribution in [0.15, 0.2) is 18.2 Å². The molecule has 0 saturated carbocycles. The van der Waals surface area contributed by atoms with Gasteiger partial charge in [-0.15, -0.1) is 0 Å². The van der Waals surface area contributed by atoms with Crippen LogP contribution in [0.25, 0.3) is 0 Å². The number of Topliss-reactive ketones (excluding diaryl/α,β-unsaturated/α-hetero) is 2. The van der Waals surface area contributed by atoms with Crippen LogP contribution in [0, 0.1) is 0 Å². The van der Waals surface area contributed by atoms with E-state index in [0.717, 1.165) is 24.8 Å². The van der Waals surface area contributed by atoms with Crippen LogP contribution >= 0.6 is 0 Å². The Morgan fingerprint density at radius 2 is 1.42 bits per heavy atom. The SMILES string of the molecule is CCCCCCCCCCCCc1cccc2c1C(=O)C(O)C2=O. The summed E-state index contributed by atoms with van der Waals surface area (Å²) in [6.45, 7) is 2.24. The molecule has 0 saturated heterocycles. The van der Waals surface area contributed by atoms with Gasteiger partial charge in [0, 0.05) is 11.1 Å². The molecule has 0 spiro atoms. The molecule has 1 aliphatic rings. The van der Waals surface area contributed by atoms with Gasteiger partial charge in [0.15, 0.2) is 17.7 Å². The molecule has 1 aromatic rings. The summed E-state index contributed by atoms with van der Waals surface area (Å²) >= 11 is 0. The van der Waals surface area contributed by atoms with E-state index in [2.05, 4.69) is 6.92 Å². The number of hydrogen-bond donors (Lipinski definition) is 1. The first-order valence-electron chi connectivity index (χ1n) is 9.55. The van der Waals surface area contributed by atoms with Crippen molar-refractivity contribution in [2.45, 2.75) is 83.7 Å². The zero-order valence-electron chi connectivity index (χ0n) is 14.9. The van der Waals surface area contributed by atoms with E-state index in [-0.39, 0.29) is 0 Å². The highest BCUT2D eigenvalue weighted by Gasteiger charge is 2.38. The Labute approximate surface area is 145 Å². The summed E-state index contributed by atoms with van der Waals surface area (Å²) in [6.07, 6.45) is 12.1. The molecule has 1 aliphatic carbocycles. The van der Waals surface area contributed by atoms with Crippen LogP contribution in [0.1, 0.15) is 97.4 Å². The van der Waals surface area contributed by atoms with E-state index in [1.54, 1.807) is 6.07 Å². The van der Waals surface area contributed by atoms with E-state index in [4.69, 9.17) is 0 Å². The lowest BCUT2D eigenvalue weighted by Gasteiger charge is -2.07. The second-order valence-corrected chi connectivity index (χ2v) is 6.90. The minimum atomic E-state index is -1.48. The monoisotopic (exact) mass is 330 g/mol. The van der Waals surface area contributed by atoms with Gasteiger partial charge in [-0.2, -0.15) is 0 Å². The Morgan fingerprint density at radius 1 is 0.833 bits per heavy atom. The highest BCUT2D eigenvalue weighted by Crippen LogP contribution is 2.27. The number of unbranched alkanes of at least 4 members (excludes halogenated alkanes) is 9. The van der Waals surface area contributed by atoms with Crippen LogP contribution in [-0.2, 0) is 6.42 Å². The zero-order chi connectivity index (χ0) is 17.4. The van der Waals surface area contributed by atoms with Crippen LogP contribution in [0.2, 0.25) is 0 Å². The second-order valence-electron chi connectivity index (χ2n) is 6.90. The third-order valence-corrected chi connectivity index (χ3v) is 4.96. The topological polar surface area (TPSA) is 54.4 Å². The van der Waals surface area contributed by atoms with Gasteiger partial charge in [0.05, 0.1) is 0 Å². The number of fused-ring (bicyclic) bond motifs is 1. The maximum absolute atomic E-state index is 12.0. The average Bonchev–Trinajstić information content (AvgIpc) is 2.82. The van der Waals surface area contributed by atoms with Crippen molar-refractivity contribution in [3.8, 4) is 0 Å². The Kier molecular flexibility index (Phi) is 7.64. The van der Waals surface area contributed by atoms with Gasteiger partial charge in [0.1, 0.15) is 0 Å². The molecule has 132 valence electrons. The first-order valence-corrected chi connectivity index (χ1v) is 9.55. The summed E-state index contributed by atoms with van der Waals surface area (Å²) in [5.74, 6) is -0.863. The predicted molar refractivity (Wildman–Crippen MR) is 96.7 cm³/mol. The molecule has 0 amide bonds. The molecule has 3 heteroatoms. The molecule has 1 N–H and O–H groups in total.